The minimum atomic E-state index is -0.608. The van der Waals surface area contributed by atoms with Gasteiger partial charge in [-0.15, -0.1) is 0 Å². The SMILES string of the molecule is C[C@@H]1CN(c2c(C#N)c(=O)n3c4c(c(Br)c(Cl)cc24)OCC3CN(C)C)[C@@H](C)CN1C(=O)OC(C)(C)C. The molecule has 1 aromatic carbocycles. The van der Waals surface area contributed by atoms with E-state index in [4.69, 9.17) is 21.1 Å². The number of benzene rings is 1. The van der Waals surface area contributed by atoms with E-state index in [0.29, 0.717) is 51.5 Å². The van der Waals surface area contributed by atoms with E-state index in [1.165, 1.54) is 0 Å². The Morgan fingerprint density at radius 2 is 1.97 bits per heavy atom. The monoisotopic (exact) mass is 593 g/mol. The molecule has 1 aromatic heterocycles. The molecule has 0 N–H and O–H groups in total. The Kier molecular flexibility index (Phi) is 7.45. The van der Waals surface area contributed by atoms with Crippen LogP contribution in [0.25, 0.3) is 10.9 Å². The van der Waals surface area contributed by atoms with Gasteiger partial charge in [0.25, 0.3) is 5.56 Å². The first-order valence-electron chi connectivity index (χ1n) is 12.3. The summed E-state index contributed by atoms with van der Waals surface area (Å²) >= 11 is 10.1. The lowest BCUT2D eigenvalue weighted by atomic mass is 10.0. The maximum atomic E-state index is 13.9. The molecule has 1 saturated heterocycles. The minimum absolute atomic E-state index is 0.0623. The number of pyridine rings is 1. The lowest BCUT2D eigenvalue weighted by Gasteiger charge is -2.46. The van der Waals surface area contributed by atoms with Gasteiger partial charge in [0.05, 0.1) is 26.7 Å². The van der Waals surface area contributed by atoms with Crippen molar-refractivity contribution in [1.29, 1.82) is 5.26 Å². The number of nitriles is 1. The fourth-order valence-corrected chi connectivity index (χ4v) is 5.78. The predicted octanol–water partition coefficient (Wildman–Crippen LogP) is 4.62. The normalized spacial score (nSPS) is 21.7. The molecular formula is C26H33BrClN5O4. The predicted molar refractivity (Wildman–Crippen MR) is 148 cm³/mol. The number of piperazine rings is 1. The van der Waals surface area contributed by atoms with Gasteiger partial charge in [-0.1, -0.05) is 11.6 Å². The van der Waals surface area contributed by atoms with Crippen molar-refractivity contribution >= 4 is 50.2 Å². The van der Waals surface area contributed by atoms with Crippen molar-refractivity contribution in [2.45, 2.75) is 58.3 Å². The Balaban J connectivity index is 1.89. The molecule has 0 bridgehead atoms. The number of ether oxygens (including phenoxy) is 2. The molecule has 0 saturated carbocycles. The molecule has 0 spiro atoms. The summed E-state index contributed by atoms with van der Waals surface area (Å²) < 4.78 is 14.0. The summed E-state index contributed by atoms with van der Waals surface area (Å²) in [5.74, 6) is 0.494. The highest BCUT2D eigenvalue weighted by atomic mass is 79.9. The van der Waals surface area contributed by atoms with Crippen molar-refractivity contribution in [2.75, 3.05) is 45.2 Å². The van der Waals surface area contributed by atoms with Gasteiger partial charge in [-0.25, -0.2) is 4.79 Å². The summed E-state index contributed by atoms with van der Waals surface area (Å²) in [6.07, 6.45) is -0.379. The van der Waals surface area contributed by atoms with Crippen LogP contribution in [0.4, 0.5) is 10.5 Å². The molecule has 9 nitrogen and oxygen atoms in total. The standard InChI is InChI=1S/C26H33BrClN5O4/c1-14-11-32(25(35)37-26(3,4)5)15(2)10-31(14)21-17-8-19(28)20(27)23-22(17)33(24(34)18(21)9-29)16(13-36-23)12-30(6)7/h8,14-16H,10-13H2,1-7H3/t14-,15+,16?/m0/s1. The second-order valence-corrected chi connectivity index (χ2v) is 12.3. The molecule has 1 unspecified atom stereocenters. The summed E-state index contributed by atoms with van der Waals surface area (Å²) in [5.41, 5.74) is 0.232. The second kappa shape index (κ2) is 10.0. The van der Waals surface area contributed by atoms with Gasteiger partial charge >= 0.3 is 6.09 Å². The Bertz CT molecular complexity index is 1350. The van der Waals surface area contributed by atoms with Gasteiger partial charge in [0, 0.05) is 37.1 Å². The fraction of sp³-hybridized carbons (Fsp3) is 0.577. The summed E-state index contributed by atoms with van der Waals surface area (Å²) in [6.45, 7) is 11.1. The molecule has 2 aromatic rings. The van der Waals surface area contributed by atoms with Crippen LogP contribution in [0.2, 0.25) is 5.02 Å². The number of aromatic nitrogens is 1. The molecular weight excluding hydrogens is 562 g/mol. The molecule has 0 aliphatic carbocycles. The minimum Gasteiger partial charge on any atom is -0.488 e. The average molecular weight is 595 g/mol. The van der Waals surface area contributed by atoms with Crippen LogP contribution in [0, 0.1) is 11.3 Å². The molecule has 4 rings (SSSR count). The maximum absolute atomic E-state index is 13.9. The largest absolute Gasteiger partial charge is 0.488 e. The van der Waals surface area contributed by atoms with Gasteiger partial charge in [0.15, 0.2) is 5.75 Å². The second-order valence-electron chi connectivity index (χ2n) is 11.1. The first-order chi connectivity index (χ1) is 17.2. The van der Waals surface area contributed by atoms with Gasteiger partial charge in [-0.2, -0.15) is 5.26 Å². The van der Waals surface area contributed by atoms with Gasteiger partial charge in [-0.3, -0.25) is 9.36 Å². The third kappa shape index (κ3) is 5.01. The van der Waals surface area contributed by atoms with Crippen LogP contribution < -0.4 is 15.2 Å². The van der Waals surface area contributed by atoms with E-state index < -0.39 is 5.60 Å². The molecule has 2 aliphatic rings. The van der Waals surface area contributed by atoms with Crippen LogP contribution in [0.5, 0.6) is 5.75 Å². The number of anilines is 1. The van der Waals surface area contributed by atoms with E-state index in [2.05, 4.69) is 22.0 Å². The zero-order valence-corrected chi connectivity index (χ0v) is 24.6. The number of carbonyl (C=O) groups is 1. The summed E-state index contributed by atoms with van der Waals surface area (Å²) in [5, 5.41) is 11.4. The molecule has 11 heteroatoms. The average Bonchev–Trinajstić information content (AvgIpc) is 2.79. The summed E-state index contributed by atoms with van der Waals surface area (Å²) in [6, 6.07) is 3.30. The maximum Gasteiger partial charge on any atom is 0.410 e. The van der Waals surface area contributed by atoms with E-state index >= 15 is 0 Å². The van der Waals surface area contributed by atoms with Gasteiger partial charge in [0.2, 0.25) is 0 Å². The number of carbonyl (C=O) groups excluding carboxylic acids is 1. The van der Waals surface area contributed by atoms with Crippen LogP contribution in [-0.2, 0) is 4.74 Å². The molecule has 1 fully saturated rings. The quantitative estimate of drug-likeness (QED) is 0.512. The topological polar surface area (TPSA) is 91.0 Å². The third-order valence-electron chi connectivity index (χ3n) is 6.69. The lowest BCUT2D eigenvalue weighted by Crippen LogP contribution is -2.59. The number of amides is 1. The van der Waals surface area contributed by atoms with Crippen molar-refractivity contribution in [2.24, 2.45) is 0 Å². The molecule has 200 valence electrons. The van der Waals surface area contributed by atoms with Crippen LogP contribution in [-0.4, -0.2) is 78.5 Å². The van der Waals surface area contributed by atoms with E-state index in [0.717, 1.165) is 0 Å². The van der Waals surface area contributed by atoms with Gasteiger partial charge in [-0.05, 0) is 70.7 Å². The highest BCUT2D eigenvalue weighted by molar-refractivity contribution is 9.10. The van der Waals surface area contributed by atoms with Gasteiger partial charge < -0.3 is 24.2 Å². The number of hydrogen-bond acceptors (Lipinski definition) is 7. The number of rotatable bonds is 3. The van der Waals surface area contributed by atoms with E-state index in [9.17, 15) is 14.9 Å². The Morgan fingerprint density at radius 1 is 1.30 bits per heavy atom. The van der Waals surface area contributed by atoms with E-state index in [1.807, 2.05) is 58.5 Å². The van der Waals surface area contributed by atoms with Gasteiger partial charge in [0.1, 0.15) is 23.8 Å². The molecule has 3 heterocycles. The first-order valence-corrected chi connectivity index (χ1v) is 13.5. The fourth-order valence-electron chi connectivity index (χ4n) is 5.17. The highest BCUT2D eigenvalue weighted by Crippen LogP contribution is 2.46. The van der Waals surface area contributed by atoms with Crippen molar-refractivity contribution in [3.05, 3.63) is 31.5 Å². The van der Waals surface area contributed by atoms with Crippen LogP contribution >= 0.6 is 27.5 Å². The third-order valence-corrected chi connectivity index (χ3v) is 8.00. The number of halogens is 2. The van der Waals surface area contributed by atoms with E-state index in [1.54, 1.807) is 15.5 Å². The van der Waals surface area contributed by atoms with Crippen LogP contribution in [0.15, 0.2) is 15.3 Å². The van der Waals surface area contributed by atoms with Crippen LogP contribution in [0.1, 0.15) is 46.2 Å². The van der Waals surface area contributed by atoms with Crippen molar-refractivity contribution in [3.63, 3.8) is 0 Å². The number of likely N-dealkylation sites (N-methyl/N-ethyl adjacent to an activating group) is 1. The molecule has 0 radical (unpaired) electrons. The van der Waals surface area contributed by atoms with Crippen molar-refractivity contribution in [3.8, 4) is 11.8 Å². The number of hydrogen-bond donors (Lipinski definition) is 0. The Labute approximate surface area is 230 Å². The molecule has 37 heavy (non-hydrogen) atoms. The molecule has 3 atom stereocenters. The highest BCUT2D eigenvalue weighted by Gasteiger charge is 2.38. The zero-order chi connectivity index (χ0) is 27.4. The van der Waals surface area contributed by atoms with Crippen LogP contribution in [0.3, 0.4) is 0 Å². The Hall–Kier alpha value is -2.48. The van der Waals surface area contributed by atoms with Crippen molar-refractivity contribution in [1.82, 2.24) is 14.4 Å². The zero-order valence-electron chi connectivity index (χ0n) is 22.3. The first kappa shape index (κ1) is 27.6. The smallest absolute Gasteiger partial charge is 0.410 e. The van der Waals surface area contributed by atoms with E-state index in [-0.39, 0.29) is 41.9 Å². The molecule has 1 amide bonds. The summed E-state index contributed by atoms with van der Waals surface area (Å²) in [4.78, 5) is 32.5. The molecule has 2 aliphatic heterocycles. The lowest BCUT2D eigenvalue weighted by molar-refractivity contribution is 0.0130. The number of nitrogens with zero attached hydrogens (tertiary/aromatic N) is 5. The Morgan fingerprint density at radius 3 is 2.57 bits per heavy atom. The summed E-state index contributed by atoms with van der Waals surface area (Å²) in [7, 11) is 3.87. The van der Waals surface area contributed by atoms with Crippen molar-refractivity contribution < 1.29 is 14.3 Å².